The lowest BCUT2D eigenvalue weighted by Crippen LogP contribution is -2.45. The van der Waals surface area contributed by atoms with Crippen molar-refractivity contribution in [1.82, 2.24) is 9.62 Å². The SMILES string of the molecule is CCCNC(=O)[C@@H]1CCCN(S(=O)(=O)c2ccc(OCC)c(C)c2)C1. The zero-order valence-corrected chi connectivity index (χ0v) is 16.1. The fraction of sp³-hybridized carbons (Fsp3) is 0.611. The largest absolute Gasteiger partial charge is 0.494 e. The number of rotatable bonds is 7. The van der Waals surface area contributed by atoms with Gasteiger partial charge in [0.25, 0.3) is 0 Å². The number of carbonyl (C=O) groups excluding carboxylic acids is 1. The van der Waals surface area contributed by atoms with Crippen LogP contribution in [-0.2, 0) is 14.8 Å². The first-order valence-corrected chi connectivity index (χ1v) is 10.4. The highest BCUT2D eigenvalue weighted by atomic mass is 32.2. The van der Waals surface area contributed by atoms with Crippen molar-refractivity contribution in [3.05, 3.63) is 23.8 Å². The number of sulfonamides is 1. The van der Waals surface area contributed by atoms with Gasteiger partial charge in [-0.2, -0.15) is 4.31 Å². The van der Waals surface area contributed by atoms with Crippen LogP contribution in [-0.4, -0.2) is 44.9 Å². The summed E-state index contributed by atoms with van der Waals surface area (Å²) in [6.45, 7) is 7.57. The van der Waals surface area contributed by atoms with Gasteiger partial charge in [-0.1, -0.05) is 6.92 Å². The fourth-order valence-electron chi connectivity index (χ4n) is 3.02. The Labute approximate surface area is 150 Å². The zero-order valence-electron chi connectivity index (χ0n) is 15.2. The highest BCUT2D eigenvalue weighted by molar-refractivity contribution is 7.89. The minimum Gasteiger partial charge on any atom is -0.494 e. The summed E-state index contributed by atoms with van der Waals surface area (Å²) in [7, 11) is -3.61. The van der Waals surface area contributed by atoms with E-state index in [2.05, 4.69) is 5.32 Å². The number of nitrogens with one attached hydrogen (secondary N) is 1. The van der Waals surface area contributed by atoms with Crippen molar-refractivity contribution >= 4 is 15.9 Å². The van der Waals surface area contributed by atoms with Crippen molar-refractivity contribution in [2.45, 2.75) is 44.9 Å². The number of piperidine rings is 1. The average Bonchev–Trinajstić information content (AvgIpc) is 2.61. The predicted molar refractivity (Wildman–Crippen MR) is 97.1 cm³/mol. The Bertz CT molecular complexity index is 703. The van der Waals surface area contributed by atoms with Crippen LogP contribution in [0.2, 0.25) is 0 Å². The lowest BCUT2D eigenvalue weighted by Gasteiger charge is -2.31. The maximum Gasteiger partial charge on any atom is 0.243 e. The summed E-state index contributed by atoms with van der Waals surface area (Å²) in [6, 6.07) is 4.91. The van der Waals surface area contributed by atoms with Crippen molar-refractivity contribution in [3.8, 4) is 5.75 Å². The number of carbonyl (C=O) groups is 1. The molecule has 140 valence electrons. The van der Waals surface area contributed by atoms with Crippen LogP contribution in [0.4, 0.5) is 0 Å². The molecule has 0 bridgehead atoms. The van der Waals surface area contributed by atoms with E-state index in [1.807, 2.05) is 20.8 Å². The molecule has 2 rings (SSSR count). The van der Waals surface area contributed by atoms with Crippen LogP contribution in [0.3, 0.4) is 0 Å². The van der Waals surface area contributed by atoms with Crippen LogP contribution in [0, 0.1) is 12.8 Å². The van der Waals surface area contributed by atoms with Crippen LogP contribution < -0.4 is 10.1 Å². The van der Waals surface area contributed by atoms with Crippen LogP contribution in [0.5, 0.6) is 5.75 Å². The molecule has 1 saturated heterocycles. The lowest BCUT2D eigenvalue weighted by molar-refractivity contribution is -0.126. The van der Waals surface area contributed by atoms with Gasteiger partial charge in [0, 0.05) is 19.6 Å². The number of benzene rings is 1. The van der Waals surface area contributed by atoms with E-state index >= 15 is 0 Å². The molecular formula is C18H28N2O4S. The second-order valence-corrected chi connectivity index (χ2v) is 8.29. The van der Waals surface area contributed by atoms with Gasteiger partial charge >= 0.3 is 0 Å². The summed E-state index contributed by atoms with van der Waals surface area (Å²) in [6.07, 6.45) is 2.29. The Morgan fingerprint density at radius 1 is 1.36 bits per heavy atom. The highest BCUT2D eigenvalue weighted by Gasteiger charge is 2.33. The Balaban J connectivity index is 2.15. The molecule has 7 heteroatoms. The molecule has 1 aromatic carbocycles. The third-order valence-electron chi connectivity index (χ3n) is 4.39. The van der Waals surface area contributed by atoms with Crippen molar-refractivity contribution in [2.24, 2.45) is 5.92 Å². The van der Waals surface area contributed by atoms with Gasteiger partial charge in [0.15, 0.2) is 0 Å². The first-order valence-electron chi connectivity index (χ1n) is 8.91. The Morgan fingerprint density at radius 3 is 2.76 bits per heavy atom. The molecule has 1 aliphatic heterocycles. The third kappa shape index (κ3) is 4.73. The molecule has 1 fully saturated rings. The number of hydrogen-bond donors (Lipinski definition) is 1. The van der Waals surface area contributed by atoms with Crippen LogP contribution >= 0.6 is 0 Å². The first kappa shape index (κ1) is 19.7. The number of nitrogens with zero attached hydrogens (tertiary/aromatic N) is 1. The summed E-state index contributed by atoms with van der Waals surface area (Å²) in [5.41, 5.74) is 0.789. The Hall–Kier alpha value is -1.60. The summed E-state index contributed by atoms with van der Waals surface area (Å²) in [5.74, 6) is 0.361. The topological polar surface area (TPSA) is 75.7 Å². The molecule has 1 heterocycles. The van der Waals surface area contributed by atoms with Gasteiger partial charge in [0.05, 0.1) is 17.4 Å². The smallest absolute Gasteiger partial charge is 0.243 e. The fourth-order valence-corrected chi connectivity index (χ4v) is 4.63. The molecule has 0 radical (unpaired) electrons. The third-order valence-corrected chi connectivity index (χ3v) is 6.25. The van der Waals surface area contributed by atoms with Gasteiger partial charge in [-0.05, 0) is 56.9 Å². The number of ether oxygens (including phenoxy) is 1. The second kappa shape index (κ2) is 8.67. The van der Waals surface area contributed by atoms with Crippen molar-refractivity contribution < 1.29 is 17.9 Å². The van der Waals surface area contributed by atoms with Crippen LogP contribution in [0.25, 0.3) is 0 Å². The molecule has 0 spiro atoms. The van der Waals surface area contributed by atoms with Gasteiger partial charge in [0.1, 0.15) is 5.75 Å². The normalized spacial score (nSPS) is 18.8. The quantitative estimate of drug-likeness (QED) is 0.801. The minimum absolute atomic E-state index is 0.0513. The number of hydrogen-bond acceptors (Lipinski definition) is 4. The monoisotopic (exact) mass is 368 g/mol. The summed E-state index contributed by atoms with van der Waals surface area (Å²) in [4.78, 5) is 12.4. The van der Waals surface area contributed by atoms with E-state index < -0.39 is 10.0 Å². The van der Waals surface area contributed by atoms with E-state index in [0.29, 0.717) is 31.9 Å². The van der Waals surface area contributed by atoms with Crippen molar-refractivity contribution in [2.75, 3.05) is 26.2 Å². The Morgan fingerprint density at radius 2 is 2.12 bits per heavy atom. The lowest BCUT2D eigenvalue weighted by atomic mass is 9.99. The number of aryl methyl sites for hydroxylation is 1. The molecule has 25 heavy (non-hydrogen) atoms. The van der Waals surface area contributed by atoms with E-state index in [9.17, 15) is 13.2 Å². The van der Waals surface area contributed by atoms with E-state index in [4.69, 9.17) is 4.74 Å². The number of amides is 1. The highest BCUT2D eigenvalue weighted by Crippen LogP contribution is 2.27. The summed E-state index contributed by atoms with van der Waals surface area (Å²) in [5, 5.41) is 2.87. The second-order valence-electron chi connectivity index (χ2n) is 6.35. The molecule has 1 aromatic rings. The van der Waals surface area contributed by atoms with Gasteiger partial charge in [-0.3, -0.25) is 4.79 Å². The molecule has 0 saturated carbocycles. The molecule has 0 aliphatic carbocycles. The van der Waals surface area contributed by atoms with Gasteiger partial charge < -0.3 is 10.1 Å². The minimum atomic E-state index is -3.61. The van der Waals surface area contributed by atoms with E-state index in [-0.39, 0.29) is 23.3 Å². The summed E-state index contributed by atoms with van der Waals surface area (Å²) >= 11 is 0. The molecule has 6 nitrogen and oxygen atoms in total. The summed E-state index contributed by atoms with van der Waals surface area (Å²) < 4.78 is 32.8. The van der Waals surface area contributed by atoms with Crippen molar-refractivity contribution in [3.63, 3.8) is 0 Å². The van der Waals surface area contributed by atoms with Crippen LogP contribution in [0.1, 0.15) is 38.7 Å². The first-order chi connectivity index (χ1) is 11.9. The maximum atomic E-state index is 12.9. The predicted octanol–water partition coefficient (Wildman–Crippen LogP) is 2.32. The molecule has 0 aromatic heterocycles. The molecular weight excluding hydrogens is 340 g/mol. The van der Waals surface area contributed by atoms with Gasteiger partial charge in [-0.15, -0.1) is 0 Å². The van der Waals surface area contributed by atoms with E-state index in [1.54, 1.807) is 18.2 Å². The van der Waals surface area contributed by atoms with Crippen LogP contribution in [0.15, 0.2) is 23.1 Å². The molecule has 1 amide bonds. The Kier molecular flexibility index (Phi) is 6.84. The molecule has 1 N–H and O–H groups in total. The van der Waals surface area contributed by atoms with Gasteiger partial charge in [0.2, 0.25) is 15.9 Å². The van der Waals surface area contributed by atoms with E-state index in [0.717, 1.165) is 18.4 Å². The van der Waals surface area contributed by atoms with Gasteiger partial charge in [-0.25, -0.2) is 8.42 Å². The molecule has 0 unspecified atom stereocenters. The van der Waals surface area contributed by atoms with Crippen molar-refractivity contribution in [1.29, 1.82) is 0 Å². The zero-order chi connectivity index (χ0) is 18.4. The van der Waals surface area contributed by atoms with E-state index in [1.165, 1.54) is 4.31 Å². The average molecular weight is 368 g/mol. The molecule has 1 atom stereocenters. The molecule has 1 aliphatic rings. The standard InChI is InChI=1S/C18H28N2O4S/c1-4-10-19-18(21)15-7-6-11-20(13-15)25(22,23)16-8-9-17(24-5-2)14(3)12-16/h8-9,12,15H,4-7,10-11,13H2,1-3H3,(H,19,21)/t15-/m1/s1. The maximum absolute atomic E-state index is 12.9.